The van der Waals surface area contributed by atoms with E-state index in [9.17, 15) is 4.79 Å². The molecule has 0 spiro atoms. The Labute approximate surface area is 82.3 Å². The molecule has 0 unspecified atom stereocenters. The van der Waals surface area contributed by atoms with Gasteiger partial charge < -0.3 is 9.84 Å². The van der Waals surface area contributed by atoms with Crippen molar-refractivity contribution in [3.8, 4) is 18.1 Å². The Morgan fingerprint density at radius 1 is 1.64 bits per heavy atom. The molecule has 0 amide bonds. The van der Waals surface area contributed by atoms with Crippen LogP contribution in [0.5, 0.6) is 5.75 Å². The van der Waals surface area contributed by atoms with E-state index in [-0.39, 0.29) is 12.2 Å². The molecule has 0 radical (unpaired) electrons. The van der Waals surface area contributed by atoms with Crippen LogP contribution in [0.2, 0.25) is 0 Å². The normalized spacial score (nSPS) is 9.14. The number of aromatic carboxylic acids is 1. The lowest BCUT2D eigenvalue weighted by Crippen LogP contribution is -2.03. The number of carboxylic acids is 1. The van der Waals surface area contributed by atoms with Gasteiger partial charge in [-0.25, -0.2) is 4.79 Å². The zero-order valence-corrected chi connectivity index (χ0v) is 7.78. The first-order chi connectivity index (χ1) is 6.65. The van der Waals surface area contributed by atoms with Gasteiger partial charge >= 0.3 is 5.97 Å². The SMILES string of the molecule is C#CCOc1cc(C)ccc1C(=O)O. The molecule has 14 heavy (non-hydrogen) atoms. The number of rotatable bonds is 3. The third-order valence-electron chi connectivity index (χ3n) is 1.68. The van der Waals surface area contributed by atoms with Crippen molar-refractivity contribution in [1.29, 1.82) is 0 Å². The summed E-state index contributed by atoms with van der Waals surface area (Å²) >= 11 is 0. The Kier molecular flexibility index (Phi) is 3.14. The second kappa shape index (κ2) is 4.33. The highest BCUT2D eigenvalue weighted by atomic mass is 16.5. The van der Waals surface area contributed by atoms with Gasteiger partial charge in [0, 0.05) is 0 Å². The standard InChI is InChI=1S/C11H10O3/c1-3-6-14-10-7-8(2)4-5-9(10)11(12)13/h1,4-5,7H,6H2,2H3,(H,12,13). The van der Waals surface area contributed by atoms with Gasteiger partial charge in [0.05, 0.1) is 0 Å². The molecule has 72 valence electrons. The van der Waals surface area contributed by atoms with E-state index in [1.165, 1.54) is 6.07 Å². The van der Waals surface area contributed by atoms with Crippen molar-refractivity contribution in [3.05, 3.63) is 29.3 Å². The summed E-state index contributed by atoms with van der Waals surface area (Å²) in [6.07, 6.45) is 5.02. The average Bonchev–Trinajstić information content (AvgIpc) is 2.14. The summed E-state index contributed by atoms with van der Waals surface area (Å²) in [4.78, 5) is 10.8. The molecule has 1 aromatic carbocycles. The van der Waals surface area contributed by atoms with Crippen LogP contribution in [-0.2, 0) is 0 Å². The second-order valence-corrected chi connectivity index (χ2v) is 2.80. The minimum Gasteiger partial charge on any atom is -0.480 e. The first-order valence-electron chi connectivity index (χ1n) is 4.05. The molecule has 0 heterocycles. The van der Waals surface area contributed by atoms with Crippen LogP contribution in [0.15, 0.2) is 18.2 Å². The molecule has 0 saturated carbocycles. The van der Waals surface area contributed by atoms with Crippen LogP contribution in [0.3, 0.4) is 0 Å². The molecule has 0 saturated heterocycles. The largest absolute Gasteiger partial charge is 0.480 e. The highest BCUT2D eigenvalue weighted by Crippen LogP contribution is 2.20. The number of ether oxygens (including phenoxy) is 1. The van der Waals surface area contributed by atoms with Gasteiger partial charge in [-0.1, -0.05) is 12.0 Å². The smallest absolute Gasteiger partial charge is 0.339 e. The van der Waals surface area contributed by atoms with Gasteiger partial charge in [0.1, 0.15) is 17.9 Å². The summed E-state index contributed by atoms with van der Waals surface area (Å²) in [6.45, 7) is 1.93. The zero-order valence-electron chi connectivity index (χ0n) is 7.78. The molecule has 0 aliphatic rings. The predicted molar refractivity (Wildman–Crippen MR) is 52.5 cm³/mol. The second-order valence-electron chi connectivity index (χ2n) is 2.80. The number of benzene rings is 1. The monoisotopic (exact) mass is 190 g/mol. The Bertz CT molecular complexity index is 388. The third kappa shape index (κ3) is 2.27. The van der Waals surface area contributed by atoms with Gasteiger partial charge in [0.25, 0.3) is 0 Å². The highest BCUT2D eigenvalue weighted by Gasteiger charge is 2.10. The van der Waals surface area contributed by atoms with E-state index in [0.29, 0.717) is 5.75 Å². The summed E-state index contributed by atoms with van der Waals surface area (Å²) < 4.78 is 5.11. The van der Waals surface area contributed by atoms with Gasteiger partial charge in [-0.2, -0.15) is 0 Å². The molecule has 0 atom stereocenters. The van der Waals surface area contributed by atoms with E-state index in [1.54, 1.807) is 12.1 Å². The van der Waals surface area contributed by atoms with Gasteiger partial charge in [-0.3, -0.25) is 0 Å². The van der Waals surface area contributed by atoms with E-state index in [2.05, 4.69) is 5.92 Å². The van der Waals surface area contributed by atoms with Crippen molar-refractivity contribution in [3.63, 3.8) is 0 Å². The Hall–Kier alpha value is -1.95. The maximum absolute atomic E-state index is 10.8. The number of hydrogen-bond donors (Lipinski definition) is 1. The molecule has 0 aliphatic heterocycles. The average molecular weight is 190 g/mol. The minimum atomic E-state index is -1.02. The quantitative estimate of drug-likeness (QED) is 0.738. The number of carboxylic acid groups (broad SMARTS) is 1. The van der Waals surface area contributed by atoms with E-state index in [4.69, 9.17) is 16.3 Å². The Morgan fingerprint density at radius 2 is 2.36 bits per heavy atom. The summed E-state index contributed by atoms with van der Waals surface area (Å²) in [6, 6.07) is 4.87. The number of aryl methyl sites for hydroxylation is 1. The van der Waals surface area contributed by atoms with E-state index >= 15 is 0 Å². The fourth-order valence-corrected chi connectivity index (χ4v) is 1.05. The van der Waals surface area contributed by atoms with Gasteiger partial charge in [0.15, 0.2) is 0 Å². The number of hydrogen-bond acceptors (Lipinski definition) is 2. The van der Waals surface area contributed by atoms with Crippen molar-refractivity contribution >= 4 is 5.97 Å². The molecule has 1 N–H and O–H groups in total. The summed E-state index contributed by atoms with van der Waals surface area (Å²) in [7, 11) is 0. The van der Waals surface area contributed by atoms with Gasteiger partial charge in [-0.05, 0) is 24.6 Å². The molecule has 1 rings (SSSR count). The van der Waals surface area contributed by atoms with Crippen LogP contribution in [0, 0.1) is 19.3 Å². The van der Waals surface area contributed by atoms with Crippen molar-refractivity contribution in [2.75, 3.05) is 6.61 Å². The van der Waals surface area contributed by atoms with Crippen LogP contribution in [0.25, 0.3) is 0 Å². The lowest BCUT2D eigenvalue weighted by molar-refractivity contribution is 0.0693. The molecule has 1 aromatic rings. The highest BCUT2D eigenvalue weighted by molar-refractivity contribution is 5.90. The van der Waals surface area contributed by atoms with E-state index < -0.39 is 5.97 Å². The Morgan fingerprint density at radius 3 is 2.93 bits per heavy atom. The Balaban J connectivity index is 3.04. The van der Waals surface area contributed by atoms with Crippen molar-refractivity contribution in [1.82, 2.24) is 0 Å². The fraction of sp³-hybridized carbons (Fsp3) is 0.182. The maximum Gasteiger partial charge on any atom is 0.339 e. The van der Waals surface area contributed by atoms with Crippen molar-refractivity contribution < 1.29 is 14.6 Å². The molecule has 3 nitrogen and oxygen atoms in total. The lowest BCUT2D eigenvalue weighted by atomic mass is 10.1. The van der Waals surface area contributed by atoms with Crippen molar-refractivity contribution in [2.24, 2.45) is 0 Å². The number of carbonyl (C=O) groups is 1. The number of terminal acetylenes is 1. The fourth-order valence-electron chi connectivity index (χ4n) is 1.05. The summed E-state index contributed by atoms with van der Waals surface area (Å²) in [5.41, 5.74) is 1.06. The topological polar surface area (TPSA) is 46.5 Å². The van der Waals surface area contributed by atoms with Crippen LogP contribution in [0.4, 0.5) is 0 Å². The molecule has 0 bridgehead atoms. The molecule has 0 aliphatic carbocycles. The van der Waals surface area contributed by atoms with Crippen LogP contribution in [0.1, 0.15) is 15.9 Å². The van der Waals surface area contributed by atoms with E-state index in [0.717, 1.165) is 5.56 Å². The molecule has 3 heteroatoms. The lowest BCUT2D eigenvalue weighted by Gasteiger charge is -2.06. The van der Waals surface area contributed by atoms with E-state index in [1.807, 2.05) is 6.92 Å². The summed E-state index contributed by atoms with van der Waals surface area (Å²) in [5, 5.41) is 8.82. The zero-order chi connectivity index (χ0) is 10.6. The predicted octanol–water partition coefficient (Wildman–Crippen LogP) is 1.71. The van der Waals surface area contributed by atoms with Crippen LogP contribution >= 0.6 is 0 Å². The summed E-state index contributed by atoms with van der Waals surface area (Å²) in [5.74, 6) is 1.59. The van der Waals surface area contributed by atoms with Gasteiger partial charge in [0.2, 0.25) is 0 Å². The maximum atomic E-state index is 10.8. The molecular weight excluding hydrogens is 180 g/mol. The van der Waals surface area contributed by atoms with Crippen LogP contribution < -0.4 is 4.74 Å². The first kappa shape index (κ1) is 10.1. The minimum absolute atomic E-state index is 0.0731. The van der Waals surface area contributed by atoms with Gasteiger partial charge in [-0.15, -0.1) is 6.42 Å². The van der Waals surface area contributed by atoms with Crippen LogP contribution in [-0.4, -0.2) is 17.7 Å². The molecule has 0 aromatic heterocycles. The van der Waals surface area contributed by atoms with Crippen molar-refractivity contribution in [2.45, 2.75) is 6.92 Å². The third-order valence-corrected chi connectivity index (χ3v) is 1.68. The molecule has 0 fully saturated rings. The first-order valence-corrected chi connectivity index (χ1v) is 4.05. The molecular formula is C11H10O3.